The third-order valence-corrected chi connectivity index (χ3v) is 3.63. The highest BCUT2D eigenvalue weighted by molar-refractivity contribution is 5.84. The van der Waals surface area contributed by atoms with Crippen LogP contribution in [0.2, 0.25) is 0 Å². The van der Waals surface area contributed by atoms with Crippen LogP contribution in [0.5, 0.6) is 5.75 Å². The number of pyridine rings is 1. The zero-order chi connectivity index (χ0) is 14.7. The van der Waals surface area contributed by atoms with Gasteiger partial charge in [0.15, 0.2) is 0 Å². The molecule has 1 aliphatic heterocycles. The second-order valence-corrected chi connectivity index (χ2v) is 5.24. The third kappa shape index (κ3) is 3.13. The lowest BCUT2D eigenvalue weighted by atomic mass is 10.1. The number of nitrogens with zero attached hydrogens (tertiary/aromatic N) is 2. The molecule has 21 heavy (non-hydrogen) atoms. The SMILES string of the molecule is N#Cc1ccc2cccc(OC[C@@H]3CC[C@@H](N)CO3)c2n1. The summed E-state index contributed by atoms with van der Waals surface area (Å²) in [6.07, 6.45) is 1.93. The summed E-state index contributed by atoms with van der Waals surface area (Å²) in [4.78, 5) is 4.32. The highest BCUT2D eigenvalue weighted by Crippen LogP contribution is 2.25. The van der Waals surface area contributed by atoms with E-state index in [4.69, 9.17) is 20.5 Å². The Labute approximate surface area is 123 Å². The van der Waals surface area contributed by atoms with Crippen molar-refractivity contribution in [2.75, 3.05) is 13.2 Å². The molecule has 1 aromatic heterocycles. The average Bonchev–Trinajstić information content (AvgIpc) is 2.54. The molecule has 3 rings (SSSR count). The number of fused-ring (bicyclic) bond motifs is 1. The van der Waals surface area contributed by atoms with Crippen LogP contribution in [-0.2, 0) is 4.74 Å². The predicted octanol–water partition coefficient (Wildman–Crippen LogP) is 1.99. The quantitative estimate of drug-likeness (QED) is 0.931. The zero-order valence-electron chi connectivity index (χ0n) is 11.7. The third-order valence-electron chi connectivity index (χ3n) is 3.63. The molecular weight excluding hydrogens is 266 g/mol. The molecule has 1 fully saturated rings. The van der Waals surface area contributed by atoms with E-state index in [-0.39, 0.29) is 12.1 Å². The van der Waals surface area contributed by atoms with Crippen LogP contribution >= 0.6 is 0 Å². The first kappa shape index (κ1) is 13.8. The van der Waals surface area contributed by atoms with Gasteiger partial charge in [0.1, 0.15) is 29.6 Å². The van der Waals surface area contributed by atoms with Crippen molar-refractivity contribution in [1.82, 2.24) is 4.98 Å². The summed E-state index contributed by atoms with van der Waals surface area (Å²) < 4.78 is 11.5. The van der Waals surface area contributed by atoms with Gasteiger partial charge in [-0.3, -0.25) is 0 Å². The van der Waals surface area contributed by atoms with Crippen LogP contribution in [0.25, 0.3) is 10.9 Å². The fourth-order valence-corrected chi connectivity index (χ4v) is 2.44. The van der Waals surface area contributed by atoms with Gasteiger partial charge >= 0.3 is 0 Å². The first-order valence-corrected chi connectivity index (χ1v) is 7.06. The van der Waals surface area contributed by atoms with E-state index < -0.39 is 0 Å². The van der Waals surface area contributed by atoms with Crippen molar-refractivity contribution < 1.29 is 9.47 Å². The molecule has 0 aliphatic carbocycles. The molecule has 1 aliphatic rings. The molecule has 0 radical (unpaired) electrons. The molecule has 2 N–H and O–H groups in total. The highest BCUT2D eigenvalue weighted by Gasteiger charge is 2.19. The summed E-state index contributed by atoms with van der Waals surface area (Å²) in [7, 11) is 0. The van der Waals surface area contributed by atoms with Gasteiger partial charge in [-0.05, 0) is 31.0 Å². The van der Waals surface area contributed by atoms with Gasteiger partial charge in [0, 0.05) is 11.4 Å². The molecule has 5 heteroatoms. The minimum absolute atomic E-state index is 0.0687. The van der Waals surface area contributed by atoms with Gasteiger partial charge in [0.25, 0.3) is 0 Å². The van der Waals surface area contributed by atoms with Crippen molar-refractivity contribution >= 4 is 10.9 Å². The van der Waals surface area contributed by atoms with E-state index in [1.165, 1.54) is 0 Å². The molecule has 0 saturated carbocycles. The molecule has 2 atom stereocenters. The maximum absolute atomic E-state index is 8.96. The Kier molecular flexibility index (Phi) is 4.00. The Hall–Kier alpha value is -2.16. The molecule has 1 aromatic carbocycles. The number of nitrogens with two attached hydrogens (primary N) is 1. The van der Waals surface area contributed by atoms with E-state index in [2.05, 4.69) is 11.1 Å². The molecule has 108 valence electrons. The van der Waals surface area contributed by atoms with Crippen LogP contribution in [0.3, 0.4) is 0 Å². The summed E-state index contributed by atoms with van der Waals surface area (Å²) in [5, 5.41) is 9.92. The first-order chi connectivity index (χ1) is 10.3. The van der Waals surface area contributed by atoms with Gasteiger partial charge in [0.2, 0.25) is 0 Å². The number of ether oxygens (including phenoxy) is 2. The largest absolute Gasteiger partial charge is 0.489 e. The number of nitriles is 1. The second kappa shape index (κ2) is 6.08. The number of aromatic nitrogens is 1. The Balaban J connectivity index is 1.76. The monoisotopic (exact) mass is 283 g/mol. The predicted molar refractivity (Wildman–Crippen MR) is 78.9 cm³/mol. The topological polar surface area (TPSA) is 81.2 Å². The van der Waals surface area contributed by atoms with E-state index in [1.807, 2.05) is 24.3 Å². The first-order valence-electron chi connectivity index (χ1n) is 7.06. The van der Waals surface area contributed by atoms with Gasteiger partial charge in [-0.2, -0.15) is 5.26 Å². The molecule has 0 amide bonds. The van der Waals surface area contributed by atoms with Gasteiger partial charge < -0.3 is 15.2 Å². The maximum atomic E-state index is 8.96. The van der Waals surface area contributed by atoms with Gasteiger partial charge in [-0.1, -0.05) is 12.1 Å². The molecule has 0 spiro atoms. The Morgan fingerprint density at radius 2 is 2.24 bits per heavy atom. The Morgan fingerprint density at radius 1 is 1.33 bits per heavy atom. The summed E-state index contributed by atoms with van der Waals surface area (Å²) in [6, 6.07) is 11.5. The lowest BCUT2D eigenvalue weighted by molar-refractivity contribution is -0.0194. The smallest absolute Gasteiger partial charge is 0.145 e. The maximum Gasteiger partial charge on any atom is 0.145 e. The van der Waals surface area contributed by atoms with Crippen LogP contribution in [0.15, 0.2) is 30.3 Å². The van der Waals surface area contributed by atoms with E-state index in [0.717, 1.165) is 18.2 Å². The van der Waals surface area contributed by atoms with Crippen molar-refractivity contribution in [1.29, 1.82) is 5.26 Å². The highest BCUT2D eigenvalue weighted by atomic mass is 16.5. The van der Waals surface area contributed by atoms with Crippen LogP contribution < -0.4 is 10.5 Å². The average molecular weight is 283 g/mol. The summed E-state index contributed by atoms with van der Waals surface area (Å²) in [6.45, 7) is 1.06. The number of benzene rings is 1. The second-order valence-electron chi connectivity index (χ2n) is 5.24. The number of hydrogen-bond donors (Lipinski definition) is 1. The molecular formula is C16H17N3O2. The van der Waals surface area contributed by atoms with Gasteiger partial charge in [-0.25, -0.2) is 4.98 Å². The van der Waals surface area contributed by atoms with E-state index in [9.17, 15) is 0 Å². The minimum Gasteiger partial charge on any atom is -0.489 e. The van der Waals surface area contributed by atoms with E-state index in [1.54, 1.807) is 6.07 Å². The molecule has 2 heterocycles. The molecule has 1 saturated heterocycles. The van der Waals surface area contributed by atoms with E-state index >= 15 is 0 Å². The molecule has 2 aromatic rings. The standard InChI is InChI=1S/C16H17N3O2/c17-8-13-6-4-11-2-1-3-15(16(11)19-13)21-10-14-7-5-12(18)9-20-14/h1-4,6,12,14H,5,7,9-10,18H2/t12-,14+/m1/s1. The number of rotatable bonds is 3. The summed E-state index contributed by atoms with van der Waals surface area (Å²) >= 11 is 0. The van der Waals surface area contributed by atoms with Gasteiger partial charge in [-0.15, -0.1) is 0 Å². The van der Waals surface area contributed by atoms with Gasteiger partial charge in [0.05, 0.1) is 12.7 Å². The Bertz CT molecular complexity index is 673. The molecule has 5 nitrogen and oxygen atoms in total. The molecule has 0 bridgehead atoms. The van der Waals surface area contributed by atoms with Crippen molar-refractivity contribution in [2.24, 2.45) is 5.73 Å². The zero-order valence-corrected chi connectivity index (χ0v) is 11.7. The molecule has 0 unspecified atom stereocenters. The summed E-state index contributed by atoms with van der Waals surface area (Å²) in [5.41, 5.74) is 6.90. The van der Waals surface area contributed by atoms with E-state index in [0.29, 0.717) is 30.2 Å². The van der Waals surface area contributed by atoms with Crippen LogP contribution in [-0.4, -0.2) is 30.3 Å². The van der Waals surface area contributed by atoms with Crippen molar-refractivity contribution in [3.8, 4) is 11.8 Å². The van der Waals surface area contributed by atoms with Crippen molar-refractivity contribution in [3.63, 3.8) is 0 Å². The van der Waals surface area contributed by atoms with Crippen molar-refractivity contribution in [3.05, 3.63) is 36.0 Å². The lowest BCUT2D eigenvalue weighted by Gasteiger charge is -2.26. The van der Waals surface area contributed by atoms with Crippen LogP contribution in [0, 0.1) is 11.3 Å². The minimum atomic E-state index is 0.0687. The normalized spacial score (nSPS) is 21.9. The Morgan fingerprint density at radius 3 is 3.00 bits per heavy atom. The fourth-order valence-electron chi connectivity index (χ4n) is 2.44. The van der Waals surface area contributed by atoms with Crippen LogP contribution in [0.4, 0.5) is 0 Å². The van der Waals surface area contributed by atoms with Crippen LogP contribution in [0.1, 0.15) is 18.5 Å². The van der Waals surface area contributed by atoms with Crippen molar-refractivity contribution in [2.45, 2.75) is 25.0 Å². The number of para-hydroxylation sites is 1. The summed E-state index contributed by atoms with van der Waals surface area (Å²) in [5.74, 6) is 0.683. The number of hydrogen-bond acceptors (Lipinski definition) is 5. The lowest BCUT2D eigenvalue weighted by Crippen LogP contribution is -2.37. The fraction of sp³-hybridized carbons (Fsp3) is 0.375.